The van der Waals surface area contributed by atoms with E-state index < -0.39 is 0 Å². The molecule has 0 radical (unpaired) electrons. The van der Waals surface area contributed by atoms with Crippen LogP contribution in [0.15, 0.2) is 40.3 Å². The number of anilines is 1. The van der Waals surface area contributed by atoms with Gasteiger partial charge >= 0.3 is 0 Å². The molecule has 3 nitrogen and oxygen atoms in total. The molecule has 1 aliphatic rings. The Kier molecular flexibility index (Phi) is 2.91. The average Bonchev–Trinajstić information content (AvgIpc) is 3.15. The van der Waals surface area contributed by atoms with Gasteiger partial charge in [0.25, 0.3) is 0 Å². The van der Waals surface area contributed by atoms with Gasteiger partial charge < -0.3 is 5.73 Å². The summed E-state index contributed by atoms with van der Waals surface area (Å²) in [5.41, 5.74) is 5.78. The first-order valence-electron chi connectivity index (χ1n) is 5.78. The van der Waals surface area contributed by atoms with Crippen molar-refractivity contribution in [2.75, 3.05) is 5.73 Å². The van der Waals surface area contributed by atoms with Crippen LogP contribution >= 0.6 is 11.8 Å². The third-order valence-corrected chi connectivity index (χ3v) is 3.64. The van der Waals surface area contributed by atoms with Crippen molar-refractivity contribution in [3.8, 4) is 0 Å². The minimum absolute atomic E-state index is 0.236. The van der Waals surface area contributed by atoms with E-state index in [4.69, 9.17) is 5.73 Å². The maximum atomic E-state index is 12.8. The van der Waals surface area contributed by atoms with Gasteiger partial charge in [0.05, 0.1) is 0 Å². The molecule has 1 saturated carbocycles. The molecular weight excluding hydrogens is 249 g/mol. The molecule has 0 amide bonds. The van der Waals surface area contributed by atoms with Gasteiger partial charge in [-0.05, 0) is 37.1 Å². The third-order valence-electron chi connectivity index (χ3n) is 2.72. The van der Waals surface area contributed by atoms with Gasteiger partial charge in [-0.25, -0.2) is 14.4 Å². The second-order valence-electron chi connectivity index (χ2n) is 4.32. The fourth-order valence-corrected chi connectivity index (χ4v) is 2.49. The molecule has 1 aromatic heterocycles. The summed E-state index contributed by atoms with van der Waals surface area (Å²) >= 11 is 1.47. The molecule has 5 heteroatoms. The molecule has 0 unspecified atom stereocenters. The zero-order chi connectivity index (χ0) is 12.5. The van der Waals surface area contributed by atoms with Crippen molar-refractivity contribution >= 4 is 17.6 Å². The molecule has 0 aliphatic heterocycles. The van der Waals surface area contributed by atoms with Crippen LogP contribution in [0.5, 0.6) is 0 Å². The largest absolute Gasteiger partial charge is 0.384 e. The molecule has 2 aromatic rings. The van der Waals surface area contributed by atoms with E-state index >= 15 is 0 Å². The molecular formula is C13H12FN3S. The smallest absolute Gasteiger partial charge is 0.135 e. The van der Waals surface area contributed by atoms with Crippen LogP contribution in [0.4, 0.5) is 10.2 Å². The highest BCUT2D eigenvalue weighted by molar-refractivity contribution is 7.99. The highest BCUT2D eigenvalue weighted by Crippen LogP contribution is 2.39. The lowest BCUT2D eigenvalue weighted by Crippen LogP contribution is -1.99. The molecule has 0 bridgehead atoms. The highest BCUT2D eigenvalue weighted by atomic mass is 32.2. The molecule has 1 aliphatic carbocycles. The van der Waals surface area contributed by atoms with Gasteiger partial charge in [0.2, 0.25) is 0 Å². The van der Waals surface area contributed by atoms with E-state index in [2.05, 4.69) is 9.97 Å². The maximum Gasteiger partial charge on any atom is 0.135 e. The van der Waals surface area contributed by atoms with Crippen molar-refractivity contribution in [3.63, 3.8) is 0 Å². The minimum atomic E-state index is -0.236. The molecule has 3 rings (SSSR count). The van der Waals surface area contributed by atoms with Crippen LogP contribution in [0, 0.1) is 5.82 Å². The van der Waals surface area contributed by atoms with Crippen LogP contribution in [-0.2, 0) is 0 Å². The van der Waals surface area contributed by atoms with E-state index in [1.807, 2.05) is 0 Å². The Bertz CT molecular complexity index is 567. The van der Waals surface area contributed by atoms with Crippen LogP contribution in [-0.4, -0.2) is 9.97 Å². The number of nitrogens with zero attached hydrogens (tertiary/aromatic N) is 2. The van der Waals surface area contributed by atoms with Gasteiger partial charge in [-0.15, -0.1) is 0 Å². The predicted octanol–water partition coefficient (Wildman–Crippen LogP) is 3.23. The van der Waals surface area contributed by atoms with Crippen molar-refractivity contribution < 1.29 is 4.39 Å². The van der Waals surface area contributed by atoms with Crippen molar-refractivity contribution in [2.45, 2.75) is 28.7 Å². The third kappa shape index (κ3) is 2.61. The summed E-state index contributed by atoms with van der Waals surface area (Å²) in [6.07, 6.45) is 2.29. The zero-order valence-corrected chi connectivity index (χ0v) is 10.5. The average molecular weight is 261 g/mol. The monoisotopic (exact) mass is 261 g/mol. The summed E-state index contributed by atoms with van der Waals surface area (Å²) in [6, 6.07) is 8.09. The summed E-state index contributed by atoms with van der Waals surface area (Å²) in [4.78, 5) is 9.68. The van der Waals surface area contributed by atoms with Gasteiger partial charge in [-0.3, -0.25) is 0 Å². The Hall–Kier alpha value is -1.62. The molecule has 2 N–H and O–H groups in total. The van der Waals surface area contributed by atoms with Crippen LogP contribution < -0.4 is 5.73 Å². The fraction of sp³-hybridized carbons (Fsp3) is 0.231. The zero-order valence-electron chi connectivity index (χ0n) is 9.64. The quantitative estimate of drug-likeness (QED) is 0.862. The predicted molar refractivity (Wildman–Crippen MR) is 68.9 cm³/mol. The number of aromatic nitrogens is 2. The summed E-state index contributed by atoms with van der Waals surface area (Å²) in [5.74, 6) is 1.57. The number of nitrogen functional groups attached to an aromatic ring is 1. The second kappa shape index (κ2) is 4.57. The van der Waals surface area contributed by atoms with E-state index in [0.717, 1.165) is 28.6 Å². The van der Waals surface area contributed by atoms with Gasteiger partial charge in [-0.2, -0.15) is 0 Å². The van der Waals surface area contributed by atoms with E-state index in [0.29, 0.717) is 11.7 Å². The summed E-state index contributed by atoms with van der Waals surface area (Å²) in [5, 5.41) is 0.816. The Labute approximate surface area is 109 Å². The molecule has 92 valence electrons. The molecule has 1 heterocycles. The van der Waals surface area contributed by atoms with Gasteiger partial charge in [0.1, 0.15) is 22.5 Å². The molecule has 1 fully saturated rings. The Morgan fingerprint density at radius 1 is 1.17 bits per heavy atom. The van der Waals surface area contributed by atoms with Gasteiger partial charge in [0.15, 0.2) is 0 Å². The summed E-state index contributed by atoms with van der Waals surface area (Å²) in [7, 11) is 0. The van der Waals surface area contributed by atoms with Crippen LogP contribution in [0.3, 0.4) is 0 Å². The van der Waals surface area contributed by atoms with E-state index in [9.17, 15) is 4.39 Å². The molecule has 1 aromatic carbocycles. The number of hydrogen-bond donors (Lipinski definition) is 1. The maximum absolute atomic E-state index is 12.8. The molecule has 0 spiro atoms. The minimum Gasteiger partial charge on any atom is -0.384 e. The number of benzene rings is 1. The summed E-state index contributed by atoms with van der Waals surface area (Å²) in [6.45, 7) is 0. The molecule has 18 heavy (non-hydrogen) atoms. The topological polar surface area (TPSA) is 51.8 Å². The normalized spacial score (nSPS) is 14.7. The molecule has 0 atom stereocenters. The number of hydrogen-bond acceptors (Lipinski definition) is 4. The second-order valence-corrected chi connectivity index (χ2v) is 5.41. The summed E-state index contributed by atoms with van der Waals surface area (Å²) < 4.78 is 12.8. The van der Waals surface area contributed by atoms with Crippen LogP contribution in [0.2, 0.25) is 0 Å². The highest BCUT2D eigenvalue weighted by Gasteiger charge is 2.27. The Morgan fingerprint density at radius 3 is 2.56 bits per heavy atom. The Balaban J connectivity index is 1.85. The number of nitrogens with two attached hydrogens (primary N) is 1. The lowest BCUT2D eigenvalue weighted by molar-refractivity contribution is 0.626. The number of halogens is 1. The van der Waals surface area contributed by atoms with Crippen molar-refractivity contribution in [1.29, 1.82) is 0 Å². The SMILES string of the molecule is Nc1cc(Sc2ccc(F)cc2)nc(C2CC2)n1. The van der Waals surface area contributed by atoms with Crippen molar-refractivity contribution in [1.82, 2.24) is 9.97 Å². The van der Waals surface area contributed by atoms with Gasteiger partial charge in [0, 0.05) is 16.9 Å². The first-order chi connectivity index (χ1) is 8.70. The van der Waals surface area contributed by atoms with E-state index in [1.54, 1.807) is 18.2 Å². The van der Waals surface area contributed by atoms with Crippen molar-refractivity contribution in [3.05, 3.63) is 42.0 Å². The van der Waals surface area contributed by atoms with Gasteiger partial charge in [-0.1, -0.05) is 11.8 Å². The first-order valence-corrected chi connectivity index (χ1v) is 6.60. The van der Waals surface area contributed by atoms with Crippen LogP contribution in [0.1, 0.15) is 24.6 Å². The number of rotatable bonds is 3. The first kappa shape index (κ1) is 11.5. The molecule has 0 saturated heterocycles. The van der Waals surface area contributed by atoms with Crippen LogP contribution in [0.25, 0.3) is 0 Å². The lowest BCUT2D eigenvalue weighted by Gasteiger charge is -2.04. The standard InChI is InChI=1S/C13H12FN3S/c14-9-3-5-10(6-4-9)18-12-7-11(15)16-13(17-12)8-1-2-8/h3-8H,1-2H2,(H2,15,16,17). The fourth-order valence-electron chi connectivity index (χ4n) is 1.66. The van der Waals surface area contributed by atoms with E-state index in [1.165, 1.54) is 23.9 Å². The van der Waals surface area contributed by atoms with Crippen molar-refractivity contribution in [2.24, 2.45) is 0 Å². The lowest BCUT2D eigenvalue weighted by atomic mass is 10.4. The Morgan fingerprint density at radius 2 is 1.89 bits per heavy atom. The van der Waals surface area contributed by atoms with E-state index in [-0.39, 0.29) is 5.82 Å².